The van der Waals surface area contributed by atoms with Crippen LogP contribution in [-0.4, -0.2) is 16.2 Å². The Balaban J connectivity index is 2.66. The Morgan fingerprint density at radius 2 is 1.90 bits per heavy atom. The molecule has 1 heterocycles. The fraction of sp³-hybridized carbons (Fsp3) is 0.231. The minimum Gasteiger partial charge on any atom is -0.477 e. The SMILES string of the molecule is Cc1ccc(-c2noc(C(F)(F)F)c2C(=O)O)cc1C. The quantitative estimate of drug-likeness (QED) is 0.914. The molecule has 0 radical (unpaired) electrons. The van der Waals surface area contributed by atoms with Crippen molar-refractivity contribution in [2.45, 2.75) is 20.0 Å². The average Bonchev–Trinajstić information content (AvgIpc) is 2.77. The summed E-state index contributed by atoms with van der Waals surface area (Å²) in [5.74, 6) is -3.33. The zero-order valence-corrected chi connectivity index (χ0v) is 10.6. The third-order valence-electron chi connectivity index (χ3n) is 2.94. The molecule has 0 saturated carbocycles. The Kier molecular flexibility index (Phi) is 3.29. The molecule has 7 heteroatoms. The van der Waals surface area contributed by atoms with E-state index in [1.165, 1.54) is 6.07 Å². The second-order valence-electron chi connectivity index (χ2n) is 4.34. The number of aromatic nitrogens is 1. The molecule has 0 bridgehead atoms. The standard InChI is InChI=1S/C13H10F3NO3/c1-6-3-4-8(5-7(6)2)10-9(12(18)19)11(20-17-10)13(14,15)16/h3-5H,1-2H3,(H,18,19). The van der Waals surface area contributed by atoms with Crippen molar-refractivity contribution in [2.75, 3.05) is 0 Å². The minimum atomic E-state index is -4.90. The molecule has 0 unspecified atom stereocenters. The number of nitrogens with zero attached hydrogens (tertiary/aromatic N) is 1. The number of carboxylic acid groups (broad SMARTS) is 1. The summed E-state index contributed by atoms with van der Waals surface area (Å²) in [6, 6.07) is 4.75. The van der Waals surface area contributed by atoms with E-state index in [1.807, 2.05) is 6.92 Å². The van der Waals surface area contributed by atoms with E-state index in [4.69, 9.17) is 5.11 Å². The third kappa shape index (κ3) is 2.38. The van der Waals surface area contributed by atoms with Crippen molar-refractivity contribution in [1.82, 2.24) is 5.16 Å². The molecule has 2 rings (SSSR count). The van der Waals surface area contributed by atoms with Gasteiger partial charge in [-0.1, -0.05) is 17.3 Å². The van der Waals surface area contributed by atoms with Gasteiger partial charge in [0.1, 0.15) is 11.3 Å². The minimum absolute atomic E-state index is 0.268. The van der Waals surface area contributed by atoms with E-state index in [9.17, 15) is 18.0 Å². The summed E-state index contributed by atoms with van der Waals surface area (Å²) in [4.78, 5) is 11.1. The summed E-state index contributed by atoms with van der Waals surface area (Å²) < 4.78 is 42.2. The zero-order valence-electron chi connectivity index (χ0n) is 10.6. The Hall–Kier alpha value is -2.31. The maximum absolute atomic E-state index is 12.7. The van der Waals surface area contributed by atoms with Crippen LogP contribution in [0.1, 0.15) is 27.2 Å². The summed E-state index contributed by atoms with van der Waals surface area (Å²) >= 11 is 0. The highest BCUT2D eigenvalue weighted by molar-refractivity contribution is 5.96. The van der Waals surface area contributed by atoms with E-state index in [1.54, 1.807) is 19.1 Å². The Morgan fingerprint density at radius 1 is 1.25 bits per heavy atom. The van der Waals surface area contributed by atoms with Crippen molar-refractivity contribution in [1.29, 1.82) is 0 Å². The molecule has 4 nitrogen and oxygen atoms in total. The monoisotopic (exact) mass is 285 g/mol. The van der Waals surface area contributed by atoms with Crippen molar-refractivity contribution in [2.24, 2.45) is 0 Å². The first-order chi connectivity index (χ1) is 9.21. The van der Waals surface area contributed by atoms with Crippen molar-refractivity contribution >= 4 is 5.97 Å². The highest BCUT2D eigenvalue weighted by Gasteiger charge is 2.43. The predicted molar refractivity (Wildman–Crippen MR) is 63.4 cm³/mol. The molecule has 0 fully saturated rings. The van der Waals surface area contributed by atoms with Crippen molar-refractivity contribution in [3.63, 3.8) is 0 Å². The van der Waals surface area contributed by atoms with Gasteiger partial charge in [-0.15, -0.1) is 0 Å². The van der Waals surface area contributed by atoms with Crippen molar-refractivity contribution in [3.05, 3.63) is 40.6 Å². The molecule has 0 aliphatic rings. The second-order valence-corrected chi connectivity index (χ2v) is 4.34. The summed E-state index contributed by atoms with van der Waals surface area (Å²) in [5.41, 5.74) is 0.721. The highest BCUT2D eigenvalue weighted by Crippen LogP contribution is 2.37. The van der Waals surface area contributed by atoms with Crippen LogP contribution < -0.4 is 0 Å². The van der Waals surface area contributed by atoms with Gasteiger partial charge in [-0.3, -0.25) is 0 Å². The Labute approximate surface area is 111 Å². The summed E-state index contributed by atoms with van der Waals surface area (Å²) in [7, 11) is 0. The Bertz CT molecular complexity index is 674. The molecular formula is C13H10F3NO3. The average molecular weight is 285 g/mol. The van der Waals surface area contributed by atoms with E-state index in [0.717, 1.165) is 11.1 Å². The molecule has 0 saturated heterocycles. The fourth-order valence-electron chi connectivity index (χ4n) is 1.77. The van der Waals surface area contributed by atoms with Gasteiger partial charge in [-0.05, 0) is 31.0 Å². The van der Waals surface area contributed by atoms with Crippen LogP contribution in [0.4, 0.5) is 13.2 Å². The van der Waals surface area contributed by atoms with Crippen LogP contribution >= 0.6 is 0 Å². The van der Waals surface area contributed by atoms with Gasteiger partial charge in [-0.25, -0.2) is 4.79 Å². The van der Waals surface area contributed by atoms with E-state index < -0.39 is 23.5 Å². The molecule has 0 aliphatic heterocycles. The lowest BCUT2D eigenvalue weighted by Gasteiger charge is -2.04. The normalized spacial score (nSPS) is 11.7. The van der Waals surface area contributed by atoms with Crippen LogP contribution in [0, 0.1) is 13.8 Å². The number of aryl methyl sites for hydroxylation is 2. The molecule has 2 aromatic rings. The maximum Gasteiger partial charge on any atom is 0.453 e. The topological polar surface area (TPSA) is 63.3 Å². The third-order valence-corrected chi connectivity index (χ3v) is 2.94. The first-order valence-electron chi connectivity index (χ1n) is 5.59. The summed E-state index contributed by atoms with van der Waals surface area (Å²) in [5, 5.41) is 12.3. The number of benzene rings is 1. The van der Waals surface area contributed by atoms with Crippen molar-refractivity contribution in [3.8, 4) is 11.3 Å². The summed E-state index contributed by atoms with van der Waals surface area (Å²) in [6.07, 6.45) is -4.90. The van der Waals surface area contributed by atoms with Gasteiger partial charge in [0.15, 0.2) is 0 Å². The number of rotatable bonds is 2. The molecule has 106 valence electrons. The lowest BCUT2D eigenvalue weighted by Crippen LogP contribution is -2.11. The molecular weight excluding hydrogens is 275 g/mol. The van der Waals surface area contributed by atoms with Gasteiger partial charge in [0.05, 0.1) is 0 Å². The van der Waals surface area contributed by atoms with Crippen LogP contribution in [0.25, 0.3) is 11.3 Å². The molecule has 0 amide bonds. The second kappa shape index (κ2) is 4.66. The van der Waals surface area contributed by atoms with E-state index >= 15 is 0 Å². The van der Waals surface area contributed by atoms with Crippen LogP contribution in [0.15, 0.2) is 22.7 Å². The van der Waals surface area contributed by atoms with E-state index in [-0.39, 0.29) is 11.3 Å². The largest absolute Gasteiger partial charge is 0.477 e. The van der Waals surface area contributed by atoms with Gasteiger partial charge >= 0.3 is 12.1 Å². The first kappa shape index (κ1) is 14.1. The molecule has 1 N–H and O–H groups in total. The fourth-order valence-corrected chi connectivity index (χ4v) is 1.77. The number of halogens is 3. The van der Waals surface area contributed by atoms with Crippen LogP contribution in [0.2, 0.25) is 0 Å². The van der Waals surface area contributed by atoms with Crippen LogP contribution in [0.5, 0.6) is 0 Å². The van der Waals surface area contributed by atoms with E-state index in [0.29, 0.717) is 0 Å². The van der Waals surface area contributed by atoms with Crippen molar-refractivity contribution < 1.29 is 27.6 Å². The number of alkyl halides is 3. The first-order valence-corrected chi connectivity index (χ1v) is 5.59. The maximum atomic E-state index is 12.7. The smallest absolute Gasteiger partial charge is 0.453 e. The number of hydrogen-bond donors (Lipinski definition) is 1. The van der Waals surface area contributed by atoms with Gasteiger partial charge < -0.3 is 9.63 Å². The van der Waals surface area contributed by atoms with Crippen LogP contribution in [0.3, 0.4) is 0 Å². The Morgan fingerprint density at radius 3 is 2.40 bits per heavy atom. The highest BCUT2D eigenvalue weighted by atomic mass is 19.4. The number of carboxylic acids is 1. The van der Waals surface area contributed by atoms with Gasteiger partial charge in [0.2, 0.25) is 0 Å². The van der Waals surface area contributed by atoms with Gasteiger partial charge in [0.25, 0.3) is 5.76 Å². The molecule has 0 aliphatic carbocycles. The molecule has 1 aromatic carbocycles. The molecule has 0 spiro atoms. The van der Waals surface area contributed by atoms with Gasteiger partial charge in [0, 0.05) is 5.56 Å². The van der Waals surface area contributed by atoms with Crippen LogP contribution in [-0.2, 0) is 6.18 Å². The molecule has 1 aromatic heterocycles. The summed E-state index contributed by atoms with van der Waals surface area (Å²) in [6.45, 7) is 3.60. The lowest BCUT2D eigenvalue weighted by molar-refractivity contribution is -0.156. The predicted octanol–water partition coefficient (Wildman–Crippen LogP) is 3.68. The number of hydrogen-bond acceptors (Lipinski definition) is 3. The zero-order chi connectivity index (χ0) is 15.1. The number of aromatic carboxylic acids is 1. The van der Waals surface area contributed by atoms with E-state index in [2.05, 4.69) is 9.68 Å². The van der Waals surface area contributed by atoms with Gasteiger partial charge in [-0.2, -0.15) is 13.2 Å². The molecule has 0 atom stereocenters. The lowest BCUT2D eigenvalue weighted by atomic mass is 10.0. The molecule has 20 heavy (non-hydrogen) atoms. The number of carbonyl (C=O) groups is 1.